The second-order valence-electron chi connectivity index (χ2n) is 7.78. The average Bonchev–Trinajstić information content (AvgIpc) is 3.13. The van der Waals surface area contributed by atoms with E-state index in [0.29, 0.717) is 30.3 Å². The number of fused-ring (bicyclic) bond motifs is 2. The summed E-state index contributed by atoms with van der Waals surface area (Å²) in [7, 11) is 1.61. The van der Waals surface area contributed by atoms with E-state index in [9.17, 15) is 4.79 Å². The van der Waals surface area contributed by atoms with Crippen molar-refractivity contribution in [3.8, 4) is 23.0 Å². The minimum Gasteiger partial charge on any atom is -0.497 e. The fourth-order valence-corrected chi connectivity index (χ4v) is 4.49. The zero-order valence-electron chi connectivity index (χ0n) is 18.1. The van der Waals surface area contributed by atoms with Crippen LogP contribution in [0.4, 0.5) is 0 Å². The number of methoxy groups -OCH3 is 1. The third-order valence-electron chi connectivity index (χ3n) is 5.50. The molecule has 0 spiro atoms. The number of aryl methyl sites for hydroxylation is 1. The van der Waals surface area contributed by atoms with Crippen molar-refractivity contribution in [2.45, 2.75) is 20.1 Å². The summed E-state index contributed by atoms with van der Waals surface area (Å²) in [5.41, 5.74) is 4.10. The first-order valence-corrected chi connectivity index (χ1v) is 11.2. The van der Waals surface area contributed by atoms with Gasteiger partial charge in [0.1, 0.15) is 29.6 Å². The Bertz CT molecular complexity index is 1260. The van der Waals surface area contributed by atoms with Crippen molar-refractivity contribution in [1.82, 2.24) is 0 Å². The van der Waals surface area contributed by atoms with Crippen molar-refractivity contribution < 1.29 is 28.5 Å². The molecule has 2 heterocycles. The molecule has 2 aliphatic rings. The highest BCUT2D eigenvalue weighted by molar-refractivity contribution is 9.10. The number of carbonyl (C=O) groups is 1. The maximum atomic E-state index is 12.9. The number of rotatable bonds is 5. The molecule has 6 nitrogen and oxygen atoms in total. The van der Waals surface area contributed by atoms with E-state index in [4.69, 9.17) is 23.7 Å². The van der Waals surface area contributed by atoms with Crippen molar-refractivity contribution in [3.63, 3.8) is 0 Å². The minimum atomic E-state index is -0.140. The standard InChI is InChI=1S/C26H21BrO6/c1-15-7-21(31-13-18-10-19(27)9-17-12-30-14-32-26(17)18)11-22-24(15)25(28)23(33-22)8-16-3-5-20(29-2)6-4-16/h3-11H,12-14H2,1-2H3/b23-8-. The van der Waals surface area contributed by atoms with Crippen LogP contribution in [0.15, 0.2) is 58.8 Å². The third kappa shape index (κ3) is 4.34. The van der Waals surface area contributed by atoms with Crippen molar-refractivity contribution in [2.75, 3.05) is 13.9 Å². The zero-order chi connectivity index (χ0) is 22.9. The highest BCUT2D eigenvalue weighted by Crippen LogP contribution is 2.38. The Morgan fingerprint density at radius 2 is 1.91 bits per heavy atom. The number of Topliss-reactive ketones (excluding diaryl/α,β-unsaturated/α-hetero) is 1. The summed E-state index contributed by atoms with van der Waals surface area (Å²) in [5.74, 6) is 2.80. The summed E-state index contributed by atoms with van der Waals surface area (Å²) in [4.78, 5) is 12.9. The van der Waals surface area contributed by atoms with Crippen molar-refractivity contribution >= 4 is 27.8 Å². The van der Waals surface area contributed by atoms with Crippen LogP contribution in [0.3, 0.4) is 0 Å². The van der Waals surface area contributed by atoms with Gasteiger partial charge in [-0.3, -0.25) is 4.79 Å². The number of ketones is 1. The van der Waals surface area contributed by atoms with Crippen LogP contribution in [0.2, 0.25) is 0 Å². The largest absolute Gasteiger partial charge is 0.497 e. The van der Waals surface area contributed by atoms with Crippen LogP contribution >= 0.6 is 15.9 Å². The summed E-state index contributed by atoms with van der Waals surface area (Å²) in [6.45, 7) is 2.91. The van der Waals surface area contributed by atoms with Gasteiger partial charge in [-0.1, -0.05) is 28.1 Å². The lowest BCUT2D eigenvalue weighted by Gasteiger charge is -2.21. The van der Waals surface area contributed by atoms with Gasteiger partial charge in [0.25, 0.3) is 0 Å². The van der Waals surface area contributed by atoms with E-state index in [-0.39, 0.29) is 18.3 Å². The maximum absolute atomic E-state index is 12.9. The summed E-state index contributed by atoms with van der Waals surface area (Å²) >= 11 is 3.53. The molecule has 0 saturated heterocycles. The first kappa shape index (κ1) is 21.6. The molecule has 3 aromatic carbocycles. The quantitative estimate of drug-likeness (QED) is 0.404. The molecule has 3 aromatic rings. The summed E-state index contributed by atoms with van der Waals surface area (Å²) in [6, 6.07) is 15.0. The molecule has 0 aliphatic carbocycles. The van der Waals surface area contributed by atoms with E-state index in [1.54, 1.807) is 19.3 Å². The number of allylic oxidation sites excluding steroid dienone is 1. The zero-order valence-corrected chi connectivity index (χ0v) is 19.7. The van der Waals surface area contributed by atoms with Crippen molar-refractivity contribution in [1.29, 1.82) is 0 Å². The summed E-state index contributed by atoms with van der Waals surface area (Å²) in [6.07, 6.45) is 1.73. The number of hydrogen-bond acceptors (Lipinski definition) is 6. The van der Waals surface area contributed by atoms with Crippen LogP contribution in [0, 0.1) is 6.92 Å². The Labute approximate surface area is 199 Å². The molecule has 168 valence electrons. The molecule has 0 atom stereocenters. The molecule has 7 heteroatoms. The average molecular weight is 509 g/mol. The Hall–Kier alpha value is -3.29. The normalized spacial score (nSPS) is 15.5. The van der Waals surface area contributed by atoms with Crippen LogP contribution < -0.4 is 18.9 Å². The highest BCUT2D eigenvalue weighted by atomic mass is 79.9. The Morgan fingerprint density at radius 3 is 2.70 bits per heavy atom. The molecule has 33 heavy (non-hydrogen) atoms. The second kappa shape index (κ2) is 8.92. The Kier molecular flexibility index (Phi) is 5.83. The predicted octanol–water partition coefficient (Wildman–Crippen LogP) is 5.83. The molecule has 2 aliphatic heterocycles. The Balaban J connectivity index is 1.37. The fraction of sp³-hybridized carbons (Fsp3) is 0.192. The first-order valence-electron chi connectivity index (χ1n) is 10.4. The lowest BCUT2D eigenvalue weighted by Crippen LogP contribution is -2.14. The van der Waals surface area contributed by atoms with E-state index in [1.165, 1.54) is 0 Å². The molecule has 0 unspecified atom stereocenters. The van der Waals surface area contributed by atoms with Gasteiger partial charge in [-0.05, 0) is 54.5 Å². The molecule has 0 radical (unpaired) electrons. The van der Waals surface area contributed by atoms with E-state index in [1.807, 2.05) is 49.4 Å². The molecular formula is C26H21BrO6. The highest BCUT2D eigenvalue weighted by Gasteiger charge is 2.30. The van der Waals surface area contributed by atoms with Gasteiger partial charge in [0.05, 0.1) is 19.3 Å². The van der Waals surface area contributed by atoms with Crippen LogP contribution in [0.1, 0.15) is 32.6 Å². The molecule has 0 bridgehead atoms. The van der Waals surface area contributed by atoms with Crippen LogP contribution in [0.5, 0.6) is 23.0 Å². The molecule has 0 aromatic heterocycles. The smallest absolute Gasteiger partial charge is 0.232 e. The minimum absolute atomic E-state index is 0.140. The first-order chi connectivity index (χ1) is 16.0. The van der Waals surface area contributed by atoms with Crippen LogP contribution in [0.25, 0.3) is 6.08 Å². The number of benzene rings is 3. The number of ether oxygens (including phenoxy) is 5. The number of carbonyl (C=O) groups excluding carboxylic acids is 1. The SMILES string of the molecule is COc1ccc(/C=C2\Oc3cc(OCc4cc(Br)cc5c4OCOC5)cc(C)c3C2=O)cc1. The molecule has 5 rings (SSSR count). The molecule has 0 saturated carbocycles. The van der Waals surface area contributed by atoms with Crippen molar-refractivity contribution in [3.05, 3.63) is 86.6 Å². The van der Waals surface area contributed by atoms with Gasteiger partial charge in [-0.15, -0.1) is 0 Å². The second-order valence-corrected chi connectivity index (χ2v) is 8.69. The lowest BCUT2D eigenvalue weighted by molar-refractivity contribution is -0.0176. The van der Waals surface area contributed by atoms with Crippen LogP contribution in [-0.2, 0) is 18.0 Å². The van der Waals surface area contributed by atoms with E-state index in [2.05, 4.69) is 15.9 Å². The summed E-state index contributed by atoms with van der Waals surface area (Å²) < 4.78 is 29.1. The topological polar surface area (TPSA) is 63.2 Å². The van der Waals surface area contributed by atoms with E-state index >= 15 is 0 Å². The van der Waals surface area contributed by atoms with Gasteiger partial charge < -0.3 is 23.7 Å². The fourth-order valence-electron chi connectivity index (χ4n) is 3.94. The Morgan fingerprint density at radius 1 is 1.09 bits per heavy atom. The van der Waals surface area contributed by atoms with Gasteiger partial charge in [0.15, 0.2) is 12.6 Å². The number of halogens is 1. The molecular weight excluding hydrogens is 488 g/mol. The van der Waals surface area contributed by atoms with Crippen molar-refractivity contribution in [2.24, 2.45) is 0 Å². The maximum Gasteiger partial charge on any atom is 0.232 e. The molecule has 0 amide bonds. The summed E-state index contributed by atoms with van der Waals surface area (Å²) in [5, 5.41) is 0. The molecule has 0 fully saturated rings. The molecule has 0 N–H and O–H groups in total. The van der Waals surface area contributed by atoms with E-state index in [0.717, 1.165) is 38.2 Å². The number of hydrogen-bond donors (Lipinski definition) is 0. The third-order valence-corrected chi connectivity index (χ3v) is 5.96. The monoisotopic (exact) mass is 508 g/mol. The van der Waals surface area contributed by atoms with Gasteiger partial charge in [0.2, 0.25) is 5.78 Å². The predicted molar refractivity (Wildman–Crippen MR) is 126 cm³/mol. The van der Waals surface area contributed by atoms with Gasteiger partial charge >= 0.3 is 0 Å². The van der Waals surface area contributed by atoms with Gasteiger partial charge in [0, 0.05) is 21.7 Å². The lowest BCUT2D eigenvalue weighted by atomic mass is 10.0. The van der Waals surface area contributed by atoms with E-state index < -0.39 is 0 Å². The van der Waals surface area contributed by atoms with Gasteiger partial charge in [-0.25, -0.2) is 0 Å². The van der Waals surface area contributed by atoms with Gasteiger partial charge in [-0.2, -0.15) is 0 Å². The van der Waals surface area contributed by atoms with Crippen LogP contribution in [-0.4, -0.2) is 19.7 Å².